The number of pyridine rings is 1. The molecule has 2 N–H and O–H groups in total. The molecule has 5 atom stereocenters. The van der Waals surface area contributed by atoms with E-state index in [4.69, 9.17) is 27.6 Å². The van der Waals surface area contributed by atoms with E-state index in [-0.39, 0.29) is 22.6 Å². The van der Waals surface area contributed by atoms with Crippen LogP contribution in [0.3, 0.4) is 0 Å². The summed E-state index contributed by atoms with van der Waals surface area (Å²) < 4.78 is 41.0. The van der Waals surface area contributed by atoms with Gasteiger partial charge in [-0.15, -0.1) is 21.8 Å². The molecule has 3 heterocycles. The van der Waals surface area contributed by atoms with Crippen molar-refractivity contribution in [3.05, 3.63) is 64.2 Å². The summed E-state index contributed by atoms with van der Waals surface area (Å²) in [6.07, 6.45) is -0.340. The molecular weight excluding hydrogens is 504 g/mol. The Hall–Kier alpha value is -2.66. The maximum atomic E-state index is 14.1. The van der Waals surface area contributed by atoms with Gasteiger partial charge in [-0.1, -0.05) is 23.4 Å². The average molecular weight is 524 g/mol. The Labute approximate surface area is 208 Å². The third kappa shape index (κ3) is 5.02. The fourth-order valence-corrected chi connectivity index (χ4v) is 5.24. The van der Waals surface area contributed by atoms with E-state index in [1.54, 1.807) is 6.07 Å². The molecule has 1 aliphatic rings. The minimum atomic E-state index is -1.26. The summed E-state index contributed by atoms with van der Waals surface area (Å²) in [6.45, 7) is 8.17. The minimum Gasteiger partial charge on any atom is -0.394 e. The normalized spacial score (nSPS) is 24.3. The van der Waals surface area contributed by atoms with Crippen LogP contribution in [0.4, 0.5) is 14.6 Å². The maximum Gasteiger partial charge on any atom is 0.283 e. The average Bonchev–Trinajstić information content (AvgIpc) is 3.32. The molecule has 4 rings (SSSR count). The second-order valence-electron chi connectivity index (χ2n) is 7.76. The second-order valence-corrected chi connectivity index (χ2v) is 9.34. The smallest absolute Gasteiger partial charge is 0.283 e. The Balaban J connectivity index is 1.70. The van der Waals surface area contributed by atoms with E-state index < -0.39 is 48.0 Å². The number of aliphatic hydroxyl groups is 2. The highest BCUT2D eigenvalue weighted by atomic mass is 35.5. The number of rotatable bonds is 6. The summed E-state index contributed by atoms with van der Waals surface area (Å²) >= 11 is 7.15. The molecule has 0 radical (unpaired) electrons. The van der Waals surface area contributed by atoms with Crippen molar-refractivity contribution in [1.29, 1.82) is 0 Å². The quantitative estimate of drug-likeness (QED) is 0.472. The van der Waals surface area contributed by atoms with Crippen molar-refractivity contribution in [3.63, 3.8) is 0 Å². The predicted octanol–water partition coefficient (Wildman–Crippen LogP) is 3.56. The molecule has 9 nitrogen and oxygen atoms in total. The molecule has 0 bridgehead atoms. The van der Waals surface area contributed by atoms with Crippen molar-refractivity contribution >= 4 is 29.2 Å². The van der Waals surface area contributed by atoms with Crippen LogP contribution in [0.25, 0.3) is 16.1 Å². The van der Waals surface area contributed by atoms with E-state index in [2.05, 4.69) is 20.1 Å². The molecule has 0 amide bonds. The lowest BCUT2D eigenvalue weighted by atomic mass is 9.97. The van der Waals surface area contributed by atoms with Crippen LogP contribution in [-0.2, 0) is 9.47 Å². The number of benzene rings is 1. The number of ether oxygens (including phenoxy) is 2. The van der Waals surface area contributed by atoms with Crippen molar-refractivity contribution < 1.29 is 28.5 Å². The van der Waals surface area contributed by atoms with Crippen molar-refractivity contribution in [3.8, 4) is 11.3 Å². The number of aliphatic hydroxyl groups excluding tert-OH is 2. The summed E-state index contributed by atoms with van der Waals surface area (Å²) in [7, 11) is 1.41. The van der Waals surface area contributed by atoms with Gasteiger partial charge in [-0.25, -0.2) is 13.5 Å². The Bertz CT molecular complexity index is 1250. The molecule has 0 spiro atoms. The first-order chi connectivity index (χ1) is 16.8. The Morgan fingerprint density at radius 3 is 2.66 bits per heavy atom. The molecule has 0 aliphatic carbocycles. The topological polar surface area (TPSA) is 107 Å². The van der Waals surface area contributed by atoms with Gasteiger partial charge in [0.1, 0.15) is 53.3 Å². The van der Waals surface area contributed by atoms with Gasteiger partial charge in [0.15, 0.2) is 0 Å². The van der Waals surface area contributed by atoms with E-state index in [1.807, 2.05) is 0 Å². The highest BCUT2D eigenvalue weighted by molar-refractivity contribution is 8.00. The van der Waals surface area contributed by atoms with Crippen LogP contribution in [0.2, 0.25) is 5.02 Å². The second kappa shape index (κ2) is 10.5. The summed E-state index contributed by atoms with van der Waals surface area (Å²) in [5.74, 6) is -1.34. The molecule has 35 heavy (non-hydrogen) atoms. The van der Waals surface area contributed by atoms with Gasteiger partial charge in [-0.3, -0.25) is 0 Å². The molecule has 0 saturated carbocycles. The van der Waals surface area contributed by atoms with E-state index in [1.165, 1.54) is 31.1 Å². The first kappa shape index (κ1) is 25.4. The molecule has 1 aliphatic heterocycles. The van der Waals surface area contributed by atoms with E-state index in [0.717, 1.165) is 23.9 Å². The number of methoxy groups -OCH3 is 1. The number of thioether (sulfide) groups is 1. The molecule has 2 aromatic heterocycles. The number of hydrogen-bond acceptors (Lipinski definition) is 8. The monoisotopic (exact) mass is 523 g/mol. The lowest BCUT2D eigenvalue weighted by Gasteiger charge is -2.43. The van der Waals surface area contributed by atoms with Crippen LogP contribution >= 0.6 is 23.4 Å². The lowest BCUT2D eigenvalue weighted by Crippen LogP contribution is -2.55. The van der Waals surface area contributed by atoms with Crippen molar-refractivity contribution in [1.82, 2.24) is 20.0 Å². The highest BCUT2D eigenvalue weighted by Crippen LogP contribution is 2.42. The van der Waals surface area contributed by atoms with Crippen LogP contribution in [0, 0.1) is 25.1 Å². The first-order valence-corrected chi connectivity index (χ1v) is 11.6. The van der Waals surface area contributed by atoms with Gasteiger partial charge in [-0.05, 0) is 25.1 Å². The SMILES string of the molecule is [C-]#[N+]c1ncc(Cl)cc1S[C@H]1OC(CO)[C@H](O)C(n2cc(-c3cc(F)c(C)c(F)c3)nn2)[C@@H]1OC. The molecular formula is C22H20ClF2N5O4S. The van der Waals surface area contributed by atoms with Gasteiger partial charge in [0.2, 0.25) is 0 Å². The zero-order valence-electron chi connectivity index (χ0n) is 18.5. The number of aromatic nitrogens is 4. The zero-order chi connectivity index (χ0) is 25.3. The Morgan fingerprint density at radius 2 is 2.03 bits per heavy atom. The predicted molar refractivity (Wildman–Crippen MR) is 123 cm³/mol. The summed E-state index contributed by atoms with van der Waals surface area (Å²) in [5, 5.41) is 29.2. The Kier molecular flexibility index (Phi) is 7.65. The van der Waals surface area contributed by atoms with E-state index >= 15 is 0 Å². The summed E-state index contributed by atoms with van der Waals surface area (Å²) in [5.41, 5.74) is -0.576. The standard InChI is InChI=1S/C22H20ClF2N5O4S/c1-10-13(24)4-11(5-14(10)25)15-8-30(29-28-15)18-19(32)16(9-31)34-22(20(18)33-3)35-17-6-12(23)7-27-21(17)26-2/h4-8,16,18-20,22,31-32H,9H2,1,3H3/t16?,18?,19-,20-,22+/m0/s1. The largest absolute Gasteiger partial charge is 0.394 e. The molecule has 184 valence electrons. The van der Waals surface area contributed by atoms with Gasteiger partial charge in [0, 0.05) is 23.1 Å². The molecule has 1 aromatic carbocycles. The van der Waals surface area contributed by atoms with Crippen LogP contribution < -0.4 is 0 Å². The molecule has 1 saturated heterocycles. The zero-order valence-corrected chi connectivity index (χ0v) is 20.0. The Morgan fingerprint density at radius 1 is 1.31 bits per heavy atom. The number of nitrogens with zero attached hydrogens (tertiary/aromatic N) is 5. The fourth-order valence-electron chi connectivity index (χ4n) is 3.77. The van der Waals surface area contributed by atoms with Gasteiger partial charge in [0.25, 0.3) is 5.82 Å². The van der Waals surface area contributed by atoms with Gasteiger partial charge < -0.3 is 24.5 Å². The van der Waals surface area contributed by atoms with Crippen molar-refractivity contribution in [2.24, 2.45) is 0 Å². The van der Waals surface area contributed by atoms with Gasteiger partial charge in [0.05, 0.1) is 17.8 Å². The molecule has 13 heteroatoms. The van der Waals surface area contributed by atoms with Gasteiger partial charge in [-0.2, -0.15) is 0 Å². The highest BCUT2D eigenvalue weighted by Gasteiger charge is 2.47. The van der Waals surface area contributed by atoms with Crippen LogP contribution in [-0.4, -0.2) is 67.7 Å². The molecule has 3 aromatic rings. The van der Waals surface area contributed by atoms with E-state index in [9.17, 15) is 19.0 Å². The van der Waals surface area contributed by atoms with Crippen molar-refractivity contribution in [2.45, 2.75) is 41.6 Å². The van der Waals surface area contributed by atoms with Crippen LogP contribution in [0.5, 0.6) is 0 Å². The van der Waals surface area contributed by atoms with Crippen molar-refractivity contribution in [2.75, 3.05) is 13.7 Å². The molecule has 2 unspecified atom stereocenters. The third-order valence-corrected chi connectivity index (χ3v) is 7.01. The van der Waals surface area contributed by atoms with Crippen LogP contribution in [0.1, 0.15) is 11.6 Å². The van der Waals surface area contributed by atoms with E-state index in [0.29, 0.717) is 9.92 Å². The van der Waals surface area contributed by atoms with Crippen LogP contribution in [0.15, 0.2) is 35.5 Å². The summed E-state index contributed by atoms with van der Waals surface area (Å²) in [4.78, 5) is 7.83. The number of halogens is 3. The summed E-state index contributed by atoms with van der Waals surface area (Å²) in [6, 6.07) is 2.96. The molecule has 1 fully saturated rings. The number of hydrogen-bond donors (Lipinski definition) is 2. The lowest BCUT2D eigenvalue weighted by molar-refractivity contribution is -0.186. The van der Waals surface area contributed by atoms with Gasteiger partial charge >= 0.3 is 0 Å². The minimum absolute atomic E-state index is 0.104. The fraction of sp³-hybridized carbons (Fsp3) is 0.364. The maximum absolute atomic E-state index is 14.1. The first-order valence-electron chi connectivity index (χ1n) is 10.3. The third-order valence-electron chi connectivity index (χ3n) is 5.64.